The van der Waals surface area contributed by atoms with Gasteiger partial charge in [0.25, 0.3) is 5.91 Å². The topological polar surface area (TPSA) is 75.9 Å². The van der Waals surface area contributed by atoms with Crippen LogP contribution >= 0.6 is 11.6 Å². The quantitative estimate of drug-likeness (QED) is 0.435. The summed E-state index contributed by atoms with van der Waals surface area (Å²) in [7, 11) is 0. The number of amides is 2. The van der Waals surface area contributed by atoms with E-state index in [4.69, 9.17) is 20.9 Å². The number of halogens is 1. The molecule has 178 valence electrons. The molecule has 0 saturated carbocycles. The van der Waals surface area contributed by atoms with Gasteiger partial charge < -0.3 is 14.2 Å². The molecule has 1 aliphatic rings. The van der Waals surface area contributed by atoms with Crippen LogP contribution in [0.2, 0.25) is 5.02 Å². The molecule has 0 aliphatic carbocycles. The Morgan fingerprint density at radius 2 is 1.79 bits per heavy atom. The largest absolute Gasteiger partial charge is 0.449 e. The standard InChI is InChI=1S/C26H28ClN3O4/c1-6-18-14-29(21-12-15(3)16(4)13-22(21)30(18)26(32)33-7-2)25(31)23-17(5)34-28-24(23)19-10-8-9-11-20(19)27/h8-13,18H,6-7,14H2,1-5H3. The number of benzene rings is 2. The van der Waals surface area contributed by atoms with Gasteiger partial charge in [-0.05, 0) is 63.4 Å². The van der Waals surface area contributed by atoms with Gasteiger partial charge in [0.05, 0.1) is 29.0 Å². The second-order valence-electron chi connectivity index (χ2n) is 8.41. The zero-order chi connectivity index (χ0) is 24.6. The van der Waals surface area contributed by atoms with Gasteiger partial charge in [-0.2, -0.15) is 0 Å². The molecule has 0 bridgehead atoms. The van der Waals surface area contributed by atoms with E-state index in [9.17, 15) is 9.59 Å². The van der Waals surface area contributed by atoms with Crippen molar-refractivity contribution in [2.45, 2.75) is 47.1 Å². The minimum absolute atomic E-state index is 0.249. The van der Waals surface area contributed by atoms with Gasteiger partial charge in [-0.3, -0.25) is 9.69 Å². The van der Waals surface area contributed by atoms with Gasteiger partial charge in [-0.25, -0.2) is 4.79 Å². The van der Waals surface area contributed by atoms with Gasteiger partial charge in [0.15, 0.2) is 0 Å². The van der Waals surface area contributed by atoms with E-state index >= 15 is 0 Å². The fraction of sp³-hybridized carbons (Fsp3) is 0.346. The van der Waals surface area contributed by atoms with E-state index in [1.807, 2.05) is 51.1 Å². The normalized spacial score (nSPS) is 15.3. The number of ether oxygens (including phenoxy) is 1. The predicted octanol–water partition coefficient (Wildman–Crippen LogP) is 6.32. The molecule has 8 heteroatoms. The van der Waals surface area contributed by atoms with E-state index < -0.39 is 6.09 Å². The second-order valence-corrected chi connectivity index (χ2v) is 8.82. The fourth-order valence-electron chi connectivity index (χ4n) is 4.32. The molecule has 1 atom stereocenters. The molecule has 7 nitrogen and oxygen atoms in total. The molecule has 2 heterocycles. The molecule has 0 spiro atoms. The van der Waals surface area contributed by atoms with Gasteiger partial charge in [-0.15, -0.1) is 0 Å². The van der Waals surface area contributed by atoms with Crippen LogP contribution in [0, 0.1) is 20.8 Å². The molecule has 1 unspecified atom stereocenters. The minimum Gasteiger partial charge on any atom is -0.449 e. The molecule has 3 aromatic rings. The molecule has 0 radical (unpaired) electrons. The molecule has 1 aromatic heterocycles. The molecular formula is C26H28ClN3O4. The SMILES string of the molecule is CCOC(=O)N1c2cc(C)c(C)cc2N(C(=O)c2c(-c3ccccc3Cl)noc2C)CC1CC. The van der Waals surface area contributed by atoms with Gasteiger partial charge >= 0.3 is 6.09 Å². The maximum atomic E-state index is 14.1. The number of fused-ring (bicyclic) bond motifs is 1. The molecule has 2 amide bonds. The Morgan fingerprint density at radius 1 is 1.12 bits per heavy atom. The molecule has 0 N–H and O–H groups in total. The van der Waals surface area contributed by atoms with Crippen LogP contribution in [0.4, 0.5) is 16.2 Å². The number of hydrogen-bond donors (Lipinski definition) is 0. The monoisotopic (exact) mass is 481 g/mol. The first-order chi connectivity index (χ1) is 16.3. The highest BCUT2D eigenvalue weighted by molar-refractivity contribution is 6.33. The van der Waals surface area contributed by atoms with Crippen LogP contribution in [-0.4, -0.2) is 36.4 Å². The van der Waals surface area contributed by atoms with Crippen LogP contribution in [0.3, 0.4) is 0 Å². The van der Waals surface area contributed by atoms with Crippen LogP contribution < -0.4 is 9.80 Å². The van der Waals surface area contributed by atoms with Crippen molar-refractivity contribution in [2.75, 3.05) is 23.0 Å². The highest BCUT2D eigenvalue weighted by atomic mass is 35.5. The van der Waals surface area contributed by atoms with Gasteiger partial charge in [-0.1, -0.05) is 41.9 Å². The number of aryl methyl sites for hydroxylation is 3. The van der Waals surface area contributed by atoms with Crippen molar-refractivity contribution in [3.63, 3.8) is 0 Å². The van der Waals surface area contributed by atoms with Crippen molar-refractivity contribution in [3.05, 3.63) is 63.9 Å². The average Bonchev–Trinajstić information content (AvgIpc) is 3.19. The average molecular weight is 482 g/mol. The zero-order valence-corrected chi connectivity index (χ0v) is 20.8. The highest BCUT2D eigenvalue weighted by Crippen LogP contribution is 2.41. The second kappa shape index (κ2) is 9.50. The summed E-state index contributed by atoms with van der Waals surface area (Å²) in [5, 5.41) is 4.65. The Bertz CT molecular complexity index is 1250. The third kappa shape index (κ3) is 4.05. The smallest absolute Gasteiger partial charge is 0.414 e. The van der Waals surface area contributed by atoms with Crippen LogP contribution in [0.15, 0.2) is 40.9 Å². The summed E-state index contributed by atoms with van der Waals surface area (Å²) in [5.41, 5.74) is 4.73. The number of rotatable bonds is 4. The summed E-state index contributed by atoms with van der Waals surface area (Å²) in [5.74, 6) is 0.159. The van der Waals surface area contributed by atoms with Crippen molar-refractivity contribution in [1.82, 2.24) is 5.16 Å². The van der Waals surface area contributed by atoms with E-state index in [0.717, 1.165) is 11.1 Å². The first-order valence-corrected chi connectivity index (χ1v) is 11.8. The number of carbonyl (C=O) groups excluding carboxylic acids is 2. The van der Waals surface area contributed by atoms with E-state index in [1.165, 1.54) is 0 Å². The molecule has 2 aromatic carbocycles. The van der Waals surface area contributed by atoms with Gasteiger partial charge in [0.2, 0.25) is 0 Å². The van der Waals surface area contributed by atoms with Crippen molar-refractivity contribution >= 4 is 35.0 Å². The Kier molecular flexibility index (Phi) is 6.66. The fourth-order valence-corrected chi connectivity index (χ4v) is 4.55. The molecule has 34 heavy (non-hydrogen) atoms. The molecule has 0 saturated heterocycles. The van der Waals surface area contributed by atoms with Gasteiger partial charge in [0.1, 0.15) is 17.0 Å². The van der Waals surface area contributed by atoms with Crippen molar-refractivity contribution in [2.24, 2.45) is 0 Å². The van der Waals surface area contributed by atoms with E-state index in [1.54, 1.807) is 29.7 Å². The van der Waals surface area contributed by atoms with Crippen LogP contribution in [0.5, 0.6) is 0 Å². The Balaban J connectivity index is 1.86. The lowest BCUT2D eigenvalue weighted by Gasteiger charge is -2.42. The molecule has 1 aliphatic heterocycles. The maximum absolute atomic E-state index is 14.1. The zero-order valence-electron chi connectivity index (χ0n) is 20.0. The lowest BCUT2D eigenvalue weighted by Crippen LogP contribution is -2.53. The summed E-state index contributed by atoms with van der Waals surface area (Å²) in [6.45, 7) is 10.1. The first-order valence-electron chi connectivity index (χ1n) is 11.4. The Hall–Kier alpha value is -3.32. The first kappa shape index (κ1) is 23.8. The lowest BCUT2D eigenvalue weighted by molar-refractivity contribution is 0.0980. The van der Waals surface area contributed by atoms with Crippen molar-refractivity contribution in [1.29, 1.82) is 0 Å². The molecule has 4 rings (SSSR count). The van der Waals surface area contributed by atoms with E-state index in [2.05, 4.69) is 5.16 Å². The highest BCUT2D eigenvalue weighted by Gasteiger charge is 2.39. The van der Waals surface area contributed by atoms with Crippen LogP contribution in [0.1, 0.15) is 47.5 Å². The predicted molar refractivity (Wildman–Crippen MR) is 133 cm³/mol. The van der Waals surface area contributed by atoms with Crippen molar-refractivity contribution in [3.8, 4) is 11.3 Å². The summed E-state index contributed by atoms with van der Waals surface area (Å²) < 4.78 is 10.8. The molecule has 0 fully saturated rings. The summed E-state index contributed by atoms with van der Waals surface area (Å²) in [4.78, 5) is 30.4. The number of aromatic nitrogens is 1. The third-order valence-electron chi connectivity index (χ3n) is 6.29. The van der Waals surface area contributed by atoms with Crippen LogP contribution in [0.25, 0.3) is 11.3 Å². The van der Waals surface area contributed by atoms with Gasteiger partial charge in [0, 0.05) is 12.1 Å². The Morgan fingerprint density at radius 3 is 2.44 bits per heavy atom. The number of carbonyl (C=O) groups is 2. The van der Waals surface area contributed by atoms with E-state index in [0.29, 0.717) is 51.9 Å². The minimum atomic E-state index is -0.413. The van der Waals surface area contributed by atoms with Crippen LogP contribution in [-0.2, 0) is 4.74 Å². The number of nitrogens with zero attached hydrogens (tertiary/aromatic N) is 3. The summed E-state index contributed by atoms with van der Waals surface area (Å²) in [6, 6.07) is 10.9. The summed E-state index contributed by atoms with van der Waals surface area (Å²) >= 11 is 6.41. The Labute approximate surface area is 204 Å². The maximum Gasteiger partial charge on any atom is 0.414 e. The summed E-state index contributed by atoms with van der Waals surface area (Å²) in [6.07, 6.45) is 0.235. The third-order valence-corrected chi connectivity index (χ3v) is 6.62. The van der Waals surface area contributed by atoms with E-state index in [-0.39, 0.29) is 18.6 Å². The van der Waals surface area contributed by atoms with Crippen molar-refractivity contribution < 1.29 is 18.8 Å². The lowest BCUT2D eigenvalue weighted by atomic mass is 9.98. The number of anilines is 2. The number of hydrogen-bond acceptors (Lipinski definition) is 5. The molecular weight excluding hydrogens is 454 g/mol.